The van der Waals surface area contributed by atoms with Gasteiger partial charge in [0.25, 0.3) is 0 Å². The van der Waals surface area contributed by atoms with Gasteiger partial charge in [-0.25, -0.2) is 13.1 Å². The van der Waals surface area contributed by atoms with Gasteiger partial charge in [0.1, 0.15) is 10.7 Å². The average molecular weight is 298 g/mol. The van der Waals surface area contributed by atoms with Crippen molar-refractivity contribution in [3.05, 3.63) is 36.5 Å². The average Bonchev–Trinajstić information content (AvgIpc) is 3.00. The monoisotopic (exact) mass is 298 g/mol. The first-order chi connectivity index (χ1) is 9.51. The van der Waals surface area contributed by atoms with Crippen LogP contribution in [0.15, 0.2) is 40.1 Å². The molecule has 0 aliphatic heterocycles. The predicted octanol–water partition coefficient (Wildman–Crippen LogP) is 0.344. The zero-order chi connectivity index (χ0) is 14.6. The molecule has 1 unspecified atom stereocenters. The molecule has 0 aromatic carbocycles. The molecule has 2 heterocycles. The molecule has 7 nitrogen and oxygen atoms in total. The Morgan fingerprint density at radius 3 is 3.00 bits per heavy atom. The van der Waals surface area contributed by atoms with E-state index in [0.717, 1.165) is 5.76 Å². The van der Waals surface area contributed by atoms with Gasteiger partial charge in [-0.05, 0) is 19.1 Å². The van der Waals surface area contributed by atoms with Crippen molar-refractivity contribution in [2.24, 2.45) is 5.73 Å². The van der Waals surface area contributed by atoms with Crippen molar-refractivity contribution in [1.82, 2.24) is 14.5 Å². The fraction of sp³-hybridized carbons (Fsp3) is 0.417. The molecule has 110 valence electrons. The molecule has 0 fully saturated rings. The van der Waals surface area contributed by atoms with Gasteiger partial charge in [-0.1, -0.05) is 0 Å². The number of nitrogens with two attached hydrogens (primary N) is 1. The van der Waals surface area contributed by atoms with E-state index in [9.17, 15) is 8.42 Å². The molecule has 0 amide bonds. The minimum Gasteiger partial charge on any atom is -0.469 e. The van der Waals surface area contributed by atoms with Gasteiger partial charge in [-0.2, -0.15) is 5.10 Å². The summed E-state index contributed by atoms with van der Waals surface area (Å²) in [5.41, 5.74) is 5.40. The lowest BCUT2D eigenvalue weighted by Gasteiger charge is -2.11. The highest BCUT2D eigenvalue weighted by Crippen LogP contribution is 2.10. The number of sulfonamides is 1. The highest BCUT2D eigenvalue weighted by molar-refractivity contribution is 7.89. The Morgan fingerprint density at radius 1 is 1.55 bits per heavy atom. The maximum absolute atomic E-state index is 12.2. The molecule has 0 radical (unpaired) electrons. The Bertz CT molecular complexity index is 633. The first-order valence-corrected chi connectivity index (χ1v) is 7.77. The largest absolute Gasteiger partial charge is 0.469 e. The van der Waals surface area contributed by atoms with E-state index in [1.165, 1.54) is 17.1 Å². The first-order valence-electron chi connectivity index (χ1n) is 6.28. The van der Waals surface area contributed by atoms with Crippen LogP contribution in [-0.4, -0.2) is 30.8 Å². The summed E-state index contributed by atoms with van der Waals surface area (Å²) in [7, 11) is -3.58. The van der Waals surface area contributed by atoms with Crippen LogP contribution < -0.4 is 10.5 Å². The van der Waals surface area contributed by atoms with Gasteiger partial charge in [-0.3, -0.25) is 4.68 Å². The Balaban J connectivity index is 2.02. The topological polar surface area (TPSA) is 103 Å². The Kier molecular flexibility index (Phi) is 4.58. The fourth-order valence-corrected chi connectivity index (χ4v) is 3.04. The van der Waals surface area contributed by atoms with Crippen LogP contribution in [0, 0.1) is 0 Å². The lowest BCUT2D eigenvalue weighted by Crippen LogP contribution is -2.33. The summed E-state index contributed by atoms with van der Waals surface area (Å²) < 4.78 is 33.6. The van der Waals surface area contributed by atoms with Crippen molar-refractivity contribution in [2.75, 3.05) is 6.54 Å². The van der Waals surface area contributed by atoms with Crippen molar-refractivity contribution < 1.29 is 12.8 Å². The van der Waals surface area contributed by atoms with Crippen molar-refractivity contribution >= 4 is 10.0 Å². The summed E-state index contributed by atoms with van der Waals surface area (Å²) in [5.74, 6) is 0.735. The predicted molar refractivity (Wildman–Crippen MR) is 73.5 cm³/mol. The zero-order valence-corrected chi connectivity index (χ0v) is 12.0. The second kappa shape index (κ2) is 6.21. The maximum atomic E-state index is 12.2. The van der Waals surface area contributed by atoms with E-state index in [-0.39, 0.29) is 10.9 Å². The molecule has 0 bridgehead atoms. The van der Waals surface area contributed by atoms with Gasteiger partial charge in [0, 0.05) is 25.2 Å². The van der Waals surface area contributed by atoms with E-state index in [0.29, 0.717) is 19.5 Å². The molecule has 3 N–H and O–H groups in total. The van der Waals surface area contributed by atoms with Gasteiger partial charge in [0.05, 0.1) is 19.0 Å². The number of aromatic nitrogens is 2. The zero-order valence-electron chi connectivity index (χ0n) is 11.2. The Hall–Kier alpha value is -1.64. The molecule has 1 atom stereocenters. The second-order valence-corrected chi connectivity index (χ2v) is 6.25. The smallest absolute Gasteiger partial charge is 0.243 e. The van der Waals surface area contributed by atoms with Crippen molar-refractivity contribution in [3.8, 4) is 0 Å². The molecule has 2 aromatic heterocycles. The molecular weight excluding hydrogens is 280 g/mol. The van der Waals surface area contributed by atoms with Gasteiger partial charge in [0.2, 0.25) is 10.0 Å². The number of hydrogen-bond donors (Lipinski definition) is 2. The van der Waals surface area contributed by atoms with Crippen LogP contribution in [0.2, 0.25) is 0 Å². The quantitative estimate of drug-likeness (QED) is 0.767. The summed E-state index contributed by atoms with van der Waals surface area (Å²) in [6.07, 6.45) is 4.84. The number of nitrogens with zero attached hydrogens (tertiary/aromatic N) is 2. The van der Waals surface area contributed by atoms with Crippen LogP contribution in [0.4, 0.5) is 0 Å². The van der Waals surface area contributed by atoms with Crippen LogP contribution >= 0.6 is 0 Å². The van der Waals surface area contributed by atoms with Gasteiger partial charge >= 0.3 is 0 Å². The molecule has 0 spiro atoms. The van der Waals surface area contributed by atoms with E-state index in [4.69, 9.17) is 10.2 Å². The third-order valence-electron chi connectivity index (χ3n) is 2.72. The molecule has 0 saturated carbocycles. The third kappa shape index (κ3) is 3.69. The lowest BCUT2D eigenvalue weighted by atomic mass is 10.2. The SMILES string of the molecule is CC(Cc1ccco1)NS(=O)(=O)c1cnn(CCN)c1. The lowest BCUT2D eigenvalue weighted by molar-refractivity contribution is 0.479. The van der Waals surface area contributed by atoms with Crippen molar-refractivity contribution in [1.29, 1.82) is 0 Å². The van der Waals surface area contributed by atoms with Gasteiger partial charge in [0.15, 0.2) is 0 Å². The highest BCUT2D eigenvalue weighted by Gasteiger charge is 2.20. The number of rotatable bonds is 7. The maximum Gasteiger partial charge on any atom is 0.243 e. The molecule has 20 heavy (non-hydrogen) atoms. The molecular formula is C12H18N4O3S. The van der Waals surface area contributed by atoms with E-state index < -0.39 is 10.0 Å². The van der Waals surface area contributed by atoms with Crippen molar-refractivity contribution in [2.45, 2.75) is 30.8 Å². The first kappa shape index (κ1) is 14.8. The van der Waals surface area contributed by atoms with Crippen LogP contribution in [0.3, 0.4) is 0 Å². The standard InChI is InChI=1S/C12H18N4O3S/c1-10(7-11-3-2-6-19-11)15-20(17,18)12-8-14-16(9-12)5-4-13/h2-3,6,8-10,15H,4-5,7,13H2,1H3. The third-order valence-corrected chi connectivity index (χ3v) is 4.27. The summed E-state index contributed by atoms with van der Waals surface area (Å²) >= 11 is 0. The second-order valence-electron chi connectivity index (χ2n) is 4.53. The Morgan fingerprint density at radius 2 is 2.35 bits per heavy atom. The highest BCUT2D eigenvalue weighted by atomic mass is 32.2. The molecule has 2 aromatic rings. The van der Waals surface area contributed by atoms with Crippen LogP contribution in [0.5, 0.6) is 0 Å². The molecule has 0 aliphatic rings. The summed E-state index contributed by atoms with van der Waals surface area (Å²) in [5, 5.41) is 3.95. The molecule has 2 rings (SSSR count). The minimum atomic E-state index is -3.58. The van der Waals surface area contributed by atoms with E-state index in [1.807, 2.05) is 6.07 Å². The normalized spacial score (nSPS) is 13.5. The molecule has 8 heteroatoms. The van der Waals surface area contributed by atoms with Crippen LogP contribution in [0.25, 0.3) is 0 Å². The van der Waals surface area contributed by atoms with Crippen LogP contribution in [0.1, 0.15) is 12.7 Å². The van der Waals surface area contributed by atoms with Gasteiger partial charge in [-0.15, -0.1) is 0 Å². The molecule has 0 saturated heterocycles. The summed E-state index contributed by atoms with van der Waals surface area (Å²) in [6, 6.07) is 3.31. The van der Waals surface area contributed by atoms with E-state index >= 15 is 0 Å². The Labute approximate surface area is 117 Å². The number of hydrogen-bond acceptors (Lipinski definition) is 5. The summed E-state index contributed by atoms with van der Waals surface area (Å²) in [6.45, 7) is 2.67. The molecule has 0 aliphatic carbocycles. The van der Waals surface area contributed by atoms with E-state index in [1.54, 1.807) is 19.3 Å². The minimum absolute atomic E-state index is 0.136. The van der Waals surface area contributed by atoms with Crippen molar-refractivity contribution in [3.63, 3.8) is 0 Å². The number of furan rings is 1. The summed E-state index contributed by atoms with van der Waals surface area (Å²) in [4.78, 5) is 0.136. The fourth-order valence-electron chi connectivity index (χ4n) is 1.84. The van der Waals surface area contributed by atoms with Crippen LogP contribution in [-0.2, 0) is 23.0 Å². The number of nitrogens with one attached hydrogen (secondary N) is 1. The van der Waals surface area contributed by atoms with E-state index in [2.05, 4.69) is 9.82 Å². The van der Waals surface area contributed by atoms with Gasteiger partial charge < -0.3 is 10.2 Å².